The molecule has 3 amide bonds. The Balaban J connectivity index is 1.55. The number of aliphatic carboxylic acids is 1. The number of hydrogen-bond donors (Lipinski definition) is 4. The van der Waals surface area contributed by atoms with Gasteiger partial charge in [-0.05, 0) is 60.1 Å². The molecule has 0 bridgehead atoms. The Morgan fingerprint density at radius 2 is 1.82 bits per heavy atom. The normalized spacial score (nSPS) is 17.4. The van der Waals surface area contributed by atoms with Crippen molar-refractivity contribution in [1.29, 1.82) is 0 Å². The molecule has 0 saturated carbocycles. The number of carbonyl (C=O) groups is 4. The molecule has 1 aliphatic heterocycles. The van der Waals surface area contributed by atoms with Crippen molar-refractivity contribution in [3.05, 3.63) is 53.6 Å². The number of aryl methyl sites for hydroxylation is 1. The number of rotatable bonds is 10. The minimum Gasteiger partial charge on any atom is -0.480 e. The standard InChI is InChI=1S/C29H38N4O5/c1-5-20-11-13-22-14-12-21(17-23(22)16-20)8-6-10-25(34)31-26(18(2)3)27(35)30-19(4)28(36)33-15-7-9-24(32-33)29(37)38/h6,8,11-14,16-19,24,26,32H,5,7,9-10,15H2,1-4H3,(H,30,35)(H,31,34)(H,37,38)/b8-6+/t19-,24-,26?/m0/s1. The number of carbonyl (C=O) groups excluding carboxylic acids is 3. The molecule has 1 aliphatic rings. The van der Waals surface area contributed by atoms with E-state index in [2.05, 4.69) is 53.3 Å². The molecule has 9 nitrogen and oxygen atoms in total. The predicted octanol–water partition coefficient (Wildman–Crippen LogP) is 3.03. The van der Waals surface area contributed by atoms with Gasteiger partial charge in [-0.1, -0.05) is 63.3 Å². The number of hydrogen-bond acceptors (Lipinski definition) is 5. The van der Waals surface area contributed by atoms with Gasteiger partial charge in [0.15, 0.2) is 0 Å². The van der Waals surface area contributed by atoms with Crippen LogP contribution in [-0.4, -0.2) is 58.5 Å². The van der Waals surface area contributed by atoms with Gasteiger partial charge in [-0.15, -0.1) is 0 Å². The van der Waals surface area contributed by atoms with E-state index >= 15 is 0 Å². The molecule has 1 fully saturated rings. The van der Waals surface area contributed by atoms with Crippen molar-refractivity contribution >= 4 is 40.5 Å². The van der Waals surface area contributed by atoms with Crippen LogP contribution < -0.4 is 16.1 Å². The van der Waals surface area contributed by atoms with Crippen LogP contribution in [0.25, 0.3) is 16.8 Å². The van der Waals surface area contributed by atoms with Crippen molar-refractivity contribution in [3.8, 4) is 0 Å². The first-order valence-corrected chi connectivity index (χ1v) is 13.2. The highest BCUT2D eigenvalue weighted by Crippen LogP contribution is 2.19. The molecule has 2 aromatic rings. The van der Waals surface area contributed by atoms with E-state index in [9.17, 15) is 24.3 Å². The molecule has 1 saturated heterocycles. The third-order valence-electron chi connectivity index (χ3n) is 6.70. The molecule has 3 atom stereocenters. The third kappa shape index (κ3) is 7.64. The molecule has 1 unspecified atom stereocenters. The average Bonchev–Trinajstić information content (AvgIpc) is 2.90. The Kier molecular flexibility index (Phi) is 10.0. The van der Waals surface area contributed by atoms with Crippen LogP contribution in [-0.2, 0) is 25.6 Å². The van der Waals surface area contributed by atoms with Crippen LogP contribution in [0.4, 0.5) is 0 Å². The van der Waals surface area contributed by atoms with Crippen LogP contribution in [0.3, 0.4) is 0 Å². The lowest BCUT2D eigenvalue weighted by molar-refractivity contribution is -0.148. The lowest BCUT2D eigenvalue weighted by Gasteiger charge is -2.34. The Labute approximate surface area is 223 Å². The SMILES string of the molecule is CCc1ccc2ccc(/C=C/CC(=O)NC(C(=O)N[C@@H](C)C(=O)N3CCC[C@@H](C(=O)O)N3)C(C)C)cc2c1. The fourth-order valence-corrected chi connectivity index (χ4v) is 4.43. The zero-order valence-corrected chi connectivity index (χ0v) is 22.5. The largest absolute Gasteiger partial charge is 0.480 e. The van der Waals surface area contributed by atoms with Crippen LogP contribution in [0.5, 0.6) is 0 Å². The maximum atomic E-state index is 12.9. The van der Waals surface area contributed by atoms with Gasteiger partial charge >= 0.3 is 5.97 Å². The Hall–Kier alpha value is -3.72. The maximum absolute atomic E-state index is 12.9. The minimum atomic E-state index is -1.03. The lowest BCUT2D eigenvalue weighted by Crippen LogP contribution is -2.60. The van der Waals surface area contributed by atoms with Crippen molar-refractivity contribution in [2.75, 3.05) is 6.54 Å². The van der Waals surface area contributed by atoms with Gasteiger partial charge in [-0.3, -0.25) is 24.2 Å². The first kappa shape index (κ1) is 28.8. The number of carboxylic acid groups (broad SMARTS) is 1. The van der Waals surface area contributed by atoms with Crippen LogP contribution >= 0.6 is 0 Å². The molecule has 38 heavy (non-hydrogen) atoms. The topological polar surface area (TPSA) is 128 Å². The number of amides is 3. The van der Waals surface area contributed by atoms with E-state index in [1.165, 1.54) is 10.6 Å². The van der Waals surface area contributed by atoms with E-state index in [4.69, 9.17) is 0 Å². The molecule has 3 rings (SSSR count). The number of hydrazine groups is 1. The molecule has 204 valence electrons. The van der Waals surface area contributed by atoms with Crippen LogP contribution in [0.15, 0.2) is 42.5 Å². The summed E-state index contributed by atoms with van der Waals surface area (Å²) in [5, 5.41) is 18.2. The van der Waals surface area contributed by atoms with Gasteiger partial charge in [-0.25, -0.2) is 5.43 Å². The van der Waals surface area contributed by atoms with Gasteiger partial charge in [0.2, 0.25) is 11.8 Å². The third-order valence-corrected chi connectivity index (χ3v) is 6.70. The Morgan fingerprint density at radius 1 is 1.08 bits per heavy atom. The van der Waals surface area contributed by atoms with Crippen molar-refractivity contribution in [2.45, 2.75) is 71.5 Å². The number of nitrogens with one attached hydrogen (secondary N) is 3. The minimum absolute atomic E-state index is 0.103. The Morgan fingerprint density at radius 3 is 2.50 bits per heavy atom. The monoisotopic (exact) mass is 522 g/mol. The zero-order chi connectivity index (χ0) is 27.8. The first-order valence-electron chi connectivity index (χ1n) is 13.2. The fourth-order valence-electron chi connectivity index (χ4n) is 4.43. The first-order chi connectivity index (χ1) is 18.1. The molecule has 9 heteroatoms. The lowest BCUT2D eigenvalue weighted by atomic mass is 10.0. The van der Waals surface area contributed by atoms with E-state index in [1.54, 1.807) is 13.0 Å². The summed E-state index contributed by atoms with van der Waals surface area (Å²) in [5.41, 5.74) is 4.95. The molecule has 4 N–H and O–H groups in total. The summed E-state index contributed by atoms with van der Waals surface area (Å²) in [6, 6.07) is 10.00. The van der Waals surface area contributed by atoms with Gasteiger partial charge in [-0.2, -0.15) is 0 Å². The summed E-state index contributed by atoms with van der Waals surface area (Å²) in [7, 11) is 0. The zero-order valence-electron chi connectivity index (χ0n) is 22.5. The van der Waals surface area contributed by atoms with Crippen LogP contribution in [0.2, 0.25) is 0 Å². The van der Waals surface area contributed by atoms with E-state index in [-0.39, 0.29) is 18.2 Å². The molecule has 0 radical (unpaired) electrons. The van der Waals surface area contributed by atoms with Crippen molar-refractivity contribution in [1.82, 2.24) is 21.1 Å². The van der Waals surface area contributed by atoms with E-state index < -0.39 is 35.9 Å². The summed E-state index contributed by atoms with van der Waals surface area (Å²) in [5.74, 6) is -2.43. The molecular formula is C29H38N4O5. The van der Waals surface area contributed by atoms with Gasteiger partial charge in [0.05, 0.1) is 0 Å². The number of carboxylic acids is 1. The number of nitrogens with zero attached hydrogens (tertiary/aromatic N) is 1. The second-order valence-electron chi connectivity index (χ2n) is 10.1. The van der Waals surface area contributed by atoms with E-state index in [0.29, 0.717) is 19.4 Å². The van der Waals surface area contributed by atoms with Gasteiger partial charge in [0.25, 0.3) is 5.91 Å². The maximum Gasteiger partial charge on any atom is 0.322 e. The molecule has 0 aliphatic carbocycles. The summed E-state index contributed by atoms with van der Waals surface area (Å²) in [6.45, 7) is 7.65. The number of fused-ring (bicyclic) bond motifs is 1. The summed E-state index contributed by atoms with van der Waals surface area (Å²) in [6.07, 6.45) is 5.70. The van der Waals surface area contributed by atoms with Crippen molar-refractivity contribution < 1.29 is 24.3 Å². The highest BCUT2D eigenvalue weighted by Gasteiger charge is 2.32. The fraction of sp³-hybridized carbons (Fsp3) is 0.448. The van der Waals surface area contributed by atoms with Gasteiger partial charge < -0.3 is 15.7 Å². The predicted molar refractivity (Wildman–Crippen MR) is 147 cm³/mol. The van der Waals surface area contributed by atoms with Crippen LogP contribution in [0, 0.1) is 5.92 Å². The molecule has 2 aromatic carbocycles. The Bertz CT molecular complexity index is 1210. The highest BCUT2D eigenvalue weighted by molar-refractivity contribution is 5.92. The molecule has 1 heterocycles. The van der Waals surface area contributed by atoms with Crippen LogP contribution in [0.1, 0.15) is 58.1 Å². The molecule has 0 spiro atoms. The second kappa shape index (κ2) is 13.2. The van der Waals surface area contributed by atoms with Gasteiger partial charge in [0.1, 0.15) is 18.1 Å². The summed E-state index contributed by atoms with van der Waals surface area (Å²) in [4.78, 5) is 49.6. The molecule has 0 aromatic heterocycles. The molecular weight excluding hydrogens is 484 g/mol. The quantitative estimate of drug-likeness (QED) is 0.380. The second-order valence-corrected chi connectivity index (χ2v) is 10.1. The van der Waals surface area contributed by atoms with Crippen molar-refractivity contribution in [2.24, 2.45) is 5.92 Å². The van der Waals surface area contributed by atoms with E-state index in [0.717, 1.165) is 22.8 Å². The van der Waals surface area contributed by atoms with E-state index in [1.807, 2.05) is 26.0 Å². The van der Waals surface area contributed by atoms with Gasteiger partial charge in [0, 0.05) is 13.0 Å². The summed E-state index contributed by atoms with van der Waals surface area (Å²) >= 11 is 0. The average molecular weight is 523 g/mol. The highest BCUT2D eigenvalue weighted by atomic mass is 16.4. The smallest absolute Gasteiger partial charge is 0.322 e. The summed E-state index contributed by atoms with van der Waals surface area (Å²) < 4.78 is 0. The van der Waals surface area contributed by atoms with Crippen molar-refractivity contribution in [3.63, 3.8) is 0 Å². The number of benzene rings is 2.